The number of benzene rings is 2. The Morgan fingerprint density at radius 3 is 2.58 bits per heavy atom. The van der Waals surface area contributed by atoms with Crippen LogP contribution in [0.25, 0.3) is 0 Å². The van der Waals surface area contributed by atoms with Crippen LogP contribution in [0.15, 0.2) is 65.6 Å². The van der Waals surface area contributed by atoms with E-state index in [1.807, 2.05) is 23.1 Å². The Balaban J connectivity index is 1.39. The Bertz CT molecular complexity index is 1120. The third-order valence-corrected chi connectivity index (χ3v) is 7.46. The minimum Gasteiger partial charge on any atom is -0.497 e. The molecule has 0 aliphatic carbocycles. The monoisotopic (exact) mass is 472 g/mol. The molecule has 2 aliphatic heterocycles. The lowest BCUT2D eigenvalue weighted by molar-refractivity contribution is -0.136. The molecule has 4 rings (SSSR count). The van der Waals surface area contributed by atoms with Gasteiger partial charge in [-0.3, -0.25) is 4.79 Å². The molecule has 2 aromatic carbocycles. The number of aliphatic hydroxyl groups excluding tert-OH is 1. The van der Waals surface area contributed by atoms with Crippen LogP contribution in [0.1, 0.15) is 17.5 Å². The molecule has 2 N–H and O–H groups in total. The summed E-state index contributed by atoms with van der Waals surface area (Å²) in [6.45, 7) is 0.834. The van der Waals surface area contributed by atoms with E-state index < -0.39 is 28.3 Å². The first-order valence-corrected chi connectivity index (χ1v) is 12.3. The van der Waals surface area contributed by atoms with E-state index in [4.69, 9.17) is 9.47 Å². The molecule has 0 aromatic heterocycles. The number of carbonyl (C=O) groups is 1. The number of hydrogen-bond donors (Lipinski definition) is 2. The van der Waals surface area contributed by atoms with Gasteiger partial charge >= 0.3 is 0 Å². The minimum atomic E-state index is -3.84. The fourth-order valence-corrected chi connectivity index (χ4v) is 5.34. The molecule has 2 aliphatic rings. The van der Waals surface area contributed by atoms with Gasteiger partial charge < -0.3 is 19.5 Å². The lowest BCUT2D eigenvalue weighted by atomic mass is 9.99. The summed E-state index contributed by atoms with van der Waals surface area (Å²) in [6, 6.07) is 13.4. The number of aliphatic hydroxyl groups is 1. The number of ether oxygens (including phenoxy) is 2. The van der Waals surface area contributed by atoms with E-state index >= 15 is 0 Å². The van der Waals surface area contributed by atoms with Crippen molar-refractivity contribution < 1.29 is 27.8 Å². The molecule has 0 unspecified atom stereocenters. The number of hydrogen-bond acceptors (Lipinski definition) is 6. The van der Waals surface area contributed by atoms with Gasteiger partial charge in [-0.15, -0.1) is 0 Å². The van der Waals surface area contributed by atoms with Crippen LogP contribution >= 0.6 is 0 Å². The normalized spacial score (nSPS) is 22.6. The lowest BCUT2D eigenvalue weighted by Gasteiger charge is -2.33. The fourth-order valence-electron chi connectivity index (χ4n) is 4.12. The van der Waals surface area contributed by atoms with Crippen molar-refractivity contribution in [3.8, 4) is 5.75 Å². The van der Waals surface area contributed by atoms with Crippen LogP contribution in [0.3, 0.4) is 0 Å². The number of nitrogens with one attached hydrogen (secondary N) is 1. The van der Waals surface area contributed by atoms with E-state index in [0.717, 1.165) is 12.0 Å². The quantitative estimate of drug-likeness (QED) is 0.594. The van der Waals surface area contributed by atoms with Crippen LogP contribution < -0.4 is 9.46 Å². The Morgan fingerprint density at radius 2 is 1.88 bits per heavy atom. The Labute approximate surface area is 193 Å². The molecular formula is C24H28N2O6S. The van der Waals surface area contributed by atoms with Crippen LogP contribution in [0, 0.1) is 0 Å². The molecule has 0 radical (unpaired) electrons. The summed E-state index contributed by atoms with van der Waals surface area (Å²) in [5.41, 5.74) is 2.42. The minimum absolute atomic E-state index is 0.0342. The summed E-state index contributed by atoms with van der Waals surface area (Å²) in [7, 11) is -2.33. The van der Waals surface area contributed by atoms with Crippen molar-refractivity contribution in [3.63, 3.8) is 0 Å². The van der Waals surface area contributed by atoms with Crippen molar-refractivity contribution in [2.45, 2.75) is 42.5 Å². The standard InChI is InChI=1S/C24H28N2O6S/c1-31-19-6-9-21(10-7-19)33(29,30)25-22-11-8-20(32-23(22)16-27)14-24(28)26-13-12-17-4-2-3-5-18(17)15-26/h2-11,20,22-23,25,27H,12-16H2,1H3/t20-,22+,23+/m0/s1. The second kappa shape index (κ2) is 10.0. The number of sulfonamides is 1. The average Bonchev–Trinajstić information content (AvgIpc) is 2.84. The number of methoxy groups -OCH3 is 1. The topological polar surface area (TPSA) is 105 Å². The van der Waals surface area contributed by atoms with Gasteiger partial charge in [-0.1, -0.05) is 36.4 Å². The molecule has 0 saturated carbocycles. The number of rotatable bonds is 7. The summed E-state index contributed by atoms with van der Waals surface area (Å²) in [4.78, 5) is 14.7. The van der Waals surface area contributed by atoms with E-state index in [2.05, 4.69) is 10.8 Å². The number of nitrogens with zero attached hydrogens (tertiary/aromatic N) is 1. The van der Waals surface area contributed by atoms with Crippen molar-refractivity contribution in [2.24, 2.45) is 0 Å². The van der Waals surface area contributed by atoms with Gasteiger partial charge in [0.1, 0.15) is 11.9 Å². The van der Waals surface area contributed by atoms with Crippen molar-refractivity contribution in [3.05, 3.63) is 71.8 Å². The summed E-state index contributed by atoms with van der Waals surface area (Å²) >= 11 is 0. The van der Waals surface area contributed by atoms with Crippen LogP contribution in [0.5, 0.6) is 5.75 Å². The molecule has 0 saturated heterocycles. The van der Waals surface area contributed by atoms with Gasteiger partial charge in [0.2, 0.25) is 15.9 Å². The van der Waals surface area contributed by atoms with Gasteiger partial charge in [-0.05, 0) is 41.8 Å². The summed E-state index contributed by atoms with van der Waals surface area (Å²) in [6.07, 6.45) is 2.94. The number of amides is 1. The summed E-state index contributed by atoms with van der Waals surface area (Å²) in [5, 5.41) is 9.80. The molecular weight excluding hydrogens is 444 g/mol. The predicted octanol–water partition coefficient (Wildman–Crippen LogP) is 1.63. The van der Waals surface area contributed by atoms with E-state index in [0.29, 0.717) is 18.8 Å². The smallest absolute Gasteiger partial charge is 0.241 e. The van der Waals surface area contributed by atoms with E-state index in [1.165, 1.54) is 24.8 Å². The second-order valence-corrected chi connectivity index (χ2v) is 9.86. The maximum atomic E-state index is 12.8. The summed E-state index contributed by atoms with van der Waals surface area (Å²) < 4.78 is 39.0. The Hall–Kier alpha value is -2.72. The van der Waals surface area contributed by atoms with Crippen molar-refractivity contribution in [1.29, 1.82) is 0 Å². The maximum Gasteiger partial charge on any atom is 0.241 e. The van der Waals surface area contributed by atoms with Crippen molar-refractivity contribution >= 4 is 15.9 Å². The Morgan fingerprint density at radius 1 is 1.15 bits per heavy atom. The molecule has 0 fully saturated rings. The largest absolute Gasteiger partial charge is 0.497 e. The highest BCUT2D eigenvalue weighted by Crippen LogP contribution is 2.23. The molecule has 3 atom stereocenters. The van der Waals surface area contributed by atoms with Crippen molar-refractivity contribution in [1.82, 2.24) is 9.62 Å². The van der Waals surface area contributed by atoms with Gasteiger partial charge in [0.15, 0.2) is 0 Å². The maximum absolute atomic E-state index is 12.8. The van der Waals surface area contributed by atoms with Gasteiger partial charge in [-0.25, -0.2) is 13.1 Å². The zero-order chi connectivity index (χ0) is 23.4. The zero-order valence-electron chi connectivity index (χ0n) is 18.4. The van der Waals surface area contributed by atoms with Gasteiger partial charge in [0.05, 0.1) is 37.2 Å². The first-order chi connectivity index (χ1) is 15.9. The molecule has 8 nitrogen and oxygen atoms in total. The number of fused-ring (bicyclic) bond motifs is 1. The molecule has 176 valence electrons. The van der Waals surface area contributed by atoms with Crippen molar-refractivity contribution in [2.75, 3.05) is 20.3 Å². The number of carbonyl (C=O) groups excluding carboxylic acids is 1. The second-order valence-electron chi connectivity index (χ2n) is 8.14. The molecule has 0 spiro atoms. The molecule has 33 heavy (non-hydrogen) atoms. The molecule has 1 amide bonds. The van der Waals surface area contributed by atoms with Gasteiger partial charge in [-0.2, -0.15) is 0 Å². The lowest BCUT2D eigenvalue weighted by Crippen LogP contribution is -2.49. The predicted molar refractivity (Wildman–Crippen MR) is 122 cm³/mol. The van der Waals surface area contributed by atoms with Crippen LogP contribution in [0.2, 0.25) is 0 Å². The third-order valence-electron chi connectivity index (χ3n) is 5.98. The van der Waals surface area contributed by atoms with Crippen LogP contribution in [0.4, 0.5) is 0 Å². The van der Waals surface area contributed by atoms with Crippen LogP contribution in [-0.2, 0) is 32.5 Å². The Kier molecular flexibility index (Phi) is 7.14. The highest BCUT2D eigenvalue weighted by Gasteiger charge is 2.32. The summed E-state index contributed by atoms with van der Waals surface area (Å²) in [5.74, 6) is 0.515. The first kappa shape index (κ1) is 23.4. The highest BCUT2D eigenvalue weighted by atomic mass is 32.2. The molecule has 2 aromatic rings. The van der Waals surface area contributed by atoms with E-state index in [-0.39, 0.29) is 23.8 Å². The fraction of sp³-hybridized carbons (Fsp3) is 0.375. The first-order valence-electron chi connectivity index (χ1n) is 10.8. The third kappa shape index (κ3) is 5.44. The van der Waals surface area contributed by atoms with E-state index in [1.54, 1.807) is 24.3 Å². The molecule has 9 heteroatoms. The van der Waals surface area contributed by atoms with Gasteiger partial charge in [0.25, 0.3) is 0 Å². The average molecular weight is 473 g/mol. The van der Waals surface area contributed by atoms with Gasteiger partial charge in [0, 0.05) is 13.1 Å². The zero-order valence-corrected chi connectivity index (χ0v) is 19.2. The highest BCUT2D eigenvalue weighted by molar-refractivity contribution is 7.89. The van der Waals surface area contributed by atoms with Crippen LogP contribution in [-0.4, -0.2) is 62.8 Å². The SMILES string of the molecule is COc1ccc(S(=O)(=O)N[C@@H]2C=C[C@@H](CC(=O)N3CCc4ccccc4C3)O[C@@H]2CO)cc1. The molecule has 2 heterocycles. The van der Waals surface area contributed by atoms with E-state index in [9.17, 15) is 18.3 Å². The molecule has 0 bridgehead atoms.